The van der Waals surface area contributed by atoms with Crippen LogP contribution in [0.25, 0.3) is 0 Å². The van der Waals surface area contributed by atoms with Crippen molar-refractivity contribution < 1.29 is 9.72 Å². The van der Waals surface area contributed by atoms with Crippen LogP contribution in [0.4, 0.5) is 5.69 Å². The van der Waals surface area contributed by atoms with Crippen LogP contribution in [0.3, 0.4) is 0 Å². The summed E-state index contributed by atoms with van der Waals surface area (Å²) in [6.45, 7) is 1.65. The Bertz CT molecular complexity index is 581. The van der Waals surface area contributed by atoms with E-state index in [1.54, 1.807) is 19.1 Å². The Balaban J connectivity index is 0.00000176. The Labute approximate surface area is 135 Å². The second-order valence-electron chi connectivity index (χ2n) is 6.01. The van der Waals surface area contributed by atoms with Gasteiger partial charge in [-0.1, -0.05) is 12.1 Å². The van der Waals surface area contributed by atoms with Gasteiger partial charge in [-0.15, -0.1) is 12.4 Å². The molecule has 2 unspecified atom stereocenters. The molecule has 0 radical (unpaired) electrons. The van der Waals surface area contributed by atoms with Gasteiger partial charge in [0.05, 0.1) is 4.92 Å². The van der Waals surface area contributed by atoms with E-state index in [0.29, 0.717) is 17.6 Å². The van der Waals surface area contributed by atoms with E-state index in [-0.39, 0.29) is 35.6 Å². The molecule has 0 aromatic heterocycles. The lowest BCUT2D eigenvalue weighted by molar-refractivity contribution is -0.385. The number of hydrogen-bond donors (Lipinski definition) is 2. The molecule has 0 spiro atoms. The minimum absolute atomic E-state index is 0. The Morgan fingerprint density at radius 3 is 2.55 bits per heavy atom. The van der Waals surface area contributed by atoms with E-state index in [2.05, 4.69) is 10.6 Å². The third-order valence-electron chi connectivity index (χ3n) is 4.47. The maximum absolute atomic E-state index is 12.4. The number of halogens is 1. The summed E-state index contributed by atoms with van der Waals surface area (Å²) in [4.78, 5) is 23.1. The molecule has 0 aliphatic carbocycles. The van der Waals surface area contributed by atoms with E-state index in [1.807, 2.05) is 0 Å². The second kappa shape index (κ2) is 6.62. The van der Waals surface area contributed by atoms with Gasteiger partial charge in [0, 0.05) is 23.7 Å². The first-order chi connectivity index (χ1) is 10.0. The van der Waals surface area contributed by atoms with Crippen LogP contribution >= 0.6 is 12.4 Å². The Kier molecular flexibility index (Phi) is 5.03. The maximum Gasteiger partial charge on any atom is 0.285 e. The number of carbonyl (C=O) groups excluding carboxylic acids is 1. The molecule has 2 bridgehead atoms. The number of rotatable bonds is 3. The fourth-order valence-corrected chi connectivity index (χ4v) is 3.52. The van der Waals surface area contributed by atoms with E-state index < -0.39 is 4.92 Å². The lowest BCUT2D eigenvalue weighted by atomic mass is 9.99. The summed E-state index contributed by atoms with van der Waals surface area (Å²) in [7, 11) is 0. The van der Waals surface area contributed by atoms with Crippen molar-refractivity contribution in [1.29, 1.82) is 0 Å². The number of nitro groups is 1. The third kappa shape index (κ3) is 3.23. The van der Waals surface area contributed by atoms with Crippen molar-refractivity contribution in [2.45, 2.75) is 50.7 Å². The fourth-order valence-electron chi connectivity index (χ4n) is 3.52. The van der Waals surface area contributed by atoms with Crippen LogP contribution in [-0.2, 0) is 0 Å². The summed E-state index contributed by atoms with van der Waals surface area (Å²) < 4.78 is 0. The van der Waals surface area contributed by atoms with E-state index in [4.69, 9.17) is 0 Å². The SMILES string of the molecule is Cc1cccc(C(=O)NC2CC3CCC(C2)N3)c1[N+](=O)[O-].Cl. The summed E-state index contributed by atoms with van der Waals surface area (Å²) in [5.41, 5.74) is 0.579. The molecular formula is C15H20ClN3O3. The average molecular weight is 326 g/mol. The topological polar surface area (TPSA) is 84.3 Å². The van der Waals surface area contributed by atoms with E-state index in [1.165, 1.54) is 6.07 Å². The highest BCUT2D eigenvalue weighted by Crippen LogP contribution is 2.28. The Morgan fingerprint density at radius 1 is 1.32 bits per heavy atom. The smallest absolute Gasteiger partial charge is 0.285 e. The number of carbonyl (C=O) groups is 1. The summed E-state index contributed by atoms with van der Waals surface area (Å²) in [6.07, 6.45) is 4.12. The second-order valence-corrected chi connectivity index (χ2v) is 6.01. The number of benzene rings is 1. The number of aryl methyl sites for hydroxylation is 1. The van der Waals surface area contributed by atoms with Gasteiger partial charge in [-0.25, -0.2) is 0 Å². The Hall–Kier alpha value is -1.66. The van der Waals surface area contributed by atoms with Crippen LogP contribution in [0.15, 0.2) is 18.2 Å². The number of para-hydroxylation sites is 1. The van der Waals surface area contributed by atoms with Gasteiger partial charge in [0.2, 0.25) is 0 Å². The lowest BCUT2D eigenvalue weighted by Crippen LogP contribution is -2.48. The molecule has 1 aromatic rings. The van der Waals surface area contributed by atoms with E-state index in [9.17, 15) is 14.9 Å². The number of fused-ring (bicyclic) bond motifs is 2. The number of nitro benzene ring substituents is 1. The van der Waals surface area contributed by atoms with Crippen molar-refractivity contribution >= 4 is 24.0 Å². The van der Waals surface area contributed by atoms with Gasteiger partial charge in [-0.3, -0.25) is 14.9 Å². The first kappa shape index (κ1) is 16.7. The van der Waals surface area contributed by atoms with Crippen LogP contribution in [-0.4, -0.2) is 29.0 Å². The highest BCUT2D eigenvalue weighted by molar-refractivity contribution is 5.98. The summed E-state index contributed by atoms with van der Waals surface area (Å²) >= 11 is 0. The van der Waals surface area contributed by atoms with Crippen molar-refractivity contribution in [2.24, 2.45) is 0 Å². The molecule has 2 saturated heterocycles. The van der Waals surface area contributed by atoms with Crippen molar-refractivity contribution in [3.63, 3.8) is 0 Å². The first-order valence-electron chi connectivity index (χ1n) is 7.35. The van der Waals surface area contributed by atoms with Crippen LogP contribution in [0.5, 0.6) is 0 Å². The summed E-state index contributed by atoms with van der Waals surface area (Å²) in [6, 6.07) is 5.92. The number of piperidine rings is 1. The molecule has 22 heavy (non-hydrogen) atoms. The van der Waals surface area contributed by atoms with Crippen LogP contribution in [0, 0.1) is 17.0 Å². The van der Waals surface area contributed by atoms with Crippen LogP contribution < -0.4 is 10.6 Å². The fraction of sp³-hybridized carbons (Fsp3) is 0.533. The standard InChI is InChI=1S/C15H19N3O3.ClH/c1-9-3-2-4-13(14(9)18(20)21)15(19)17-12-7-10-5-6-11(8-12)16-10;/h2-4,10-12,16H,5-8H2,1H3,(H,17,19);1H. The molecule has 3 rings (SSSR count). The molecule has 2 fully saturated rings. The minimum Gasteiger partial charge on any atom is -0.349 e. The quantitative estimate of drug-likeness (QED) is 0.660. The zero-order valence-electron chi connectivity index (χ0n) is 12.4. The lowest BCUT2D eigenvalue weighted by Gasteiger charge is -2.29. The predicted octanol–water partition coefficient (Wildman–Crippen LogP) is 2.34. The van der Waals surface area contributed by atoms with Crippen LogP contribution in [0.2, 0.25) is 0 Å². The molecule has 2 aliphatic rings. The molecule has 7 heteroatoms. The van der Waals surface area contributed by atoms with E-state index >= 15 is 0 Å². The normalized spacial score (nSPS) is 26.1. The minimum atomic E-state index is -0.476. The molecule has 6 nitrogen and oxygen atoms in total. The zero-order valence-corrected chi connectivity index (χ0v) is 13.2. The molecule has 1 amide bonds. The monoisotopic (exact) mass is 325 g/mol. The molecular weight excluding hydrogens is 306 g/mol. The molecule has 120 valence electrons. The molecule has 2 aliphatic heterocycles. The summed E-state index contributed by atoms with van der Waals surface area (Å²) in [5, 5.41) is 17.7. The highest BCUT2D eigenvalue weighted by atomic mass is 35.5. The average Bonchev–Trinajstić information content (AvgIpc) is 2.77. The first-order valence-corrected chi connectivity index (χ1v) is 7.35. The van der Waals surface area contributed by atoms with Gasteiger partial charge in [0.1, 0.15) is 5.56 Å². The zero-order chi connectivity index (χ0) is 15.0. The highest BCUT2D eigenvalue weighted by Gasteiger charge is 2.34. The van der Waals surface area contributed by atoms with E-state index in [0.717, 1.165) is 25.7 Å². The van der Waals surface area contributed by atoms with Crippen molar-refractivity contribution in [2.75, 3.05) is 0 Å². The van der Waals surface area contributed by atoms with Gasteiger partial charge >= 0.3 is 0 Å². The van der Waals surface area contributed by atoms with Gasteiger partial charge < -0.3 is 10.6 Å². The van der Waals surface area contributed by atoms with Crippen molar-refractivity contribution in [3.05, 3.63) is 39.4 Å². The third-order valence-corrected chi connectivity index (χ3v) is 4.47. The largest absolute Gasteiger partial charge is 0.349 e. The van der Waals surface area contributed by atoms with Gasteiger partial charge in [-0.2, -0.15) is 0 Å². The predicted molar refractivity (Wildman–Crippen MR) is 85.5 cm³/mol. The van der Waals surface area contributed by atoms with Gasteiger partial charge in [0.25, 0.3) is 11.6 Å². The molecule has 1 aromatic carbocycles. The van der Waals surface area contributed by atoms with Crippen LogP contribution in [0.1, 0.15) is 41.6 Å². The molecule has 0 saturated carbocycles. The van der Waals surface area contributed by atoms with Gasteiger partial charge in [-0.05, 0) is 38.7 Å². The van der Waals surface area contributed by atoms with Gasteiger partial charge in [0.15, 0.2) is 0 Å². The molecule has 2 N–H and O–H groups in total. The van der Waals surface area contributed by atoms with Crippen molar-refractivity contribution in [1.82, 2.24) is 10.6 Å². The molecule has 2 atom stereocenters. The Morgan fingerprint density at radius 2 is 1.95 bits per heavy atom. The van der Waals surface area contributed by atoms with Crippen molar-refractivity contribution in [3.8, 4) is 0 Å². The number of hydrogen-bond acceptors (Lipinski definition) is 4. The molecule has 2 heterocycles. The number of nitrogens with one attached hydrogen (secondary N) is 2. The number of amides is 1. The summed E-state index contributed by atoms with van der Waals surface area (Å²) in [5.74, 6) is -0.336. The maximum atomic E-state index is 12.4. The number of nitrogens with zero attached hydrogens (tertiary/aromatic N) is 1.